The van der Waals surface area contributed by atoms with Crippen LogP contribution < -0.4 is 10.6 Å². The second-order valence-corrected chi connectivity index (χ2v) is 5.76. The molecule has 2 aromatic heterocycles. The summed E-state index contributed by atoms with van der Waals surface area (Å²) < 4.78 is 0. The minimum atomic E-state index is 0.739. The Morgan fingerprint density at radius 1 is 1.25 bits per heavy atom. The fourth-order valence-corrected chi connectivity index (χ4v) is 3.09. The van der Waals surface area contributed by atoms with Crippen molar-refractivity contribution >= 4 is 33.6 Å². The molecule has 0 aliphatic carbocycles. The third-order valence-electron chi connectivity index (χ3n) is 3.38. The van der Waals surface area contributed by atoms with E-state index in [2.05, 4.69) is 21.9 Å². The van der Waals surface area contributed by atoms with Gasteiger partial charge in [0.2, 0.25) is 0 Å². The Balaban J connectivity index is 1.99. The topological polar surface area (TPSA) is 55.0 Å². The molecule has 0 radical (unpaired) electrons. The quantitative estimate of drug-likeness (QED) is 0.750. The first-order valence-electron chi connectivity index (χ1n) is 6.39. The van der Waals surface area contributed by atoms with Crippen LogP contribution in [-0.2, 0) is 6.54 Å². The summed E-state index contributed by atoms with van der Waals surface area (Å²) in [6.45, 7) is 2.89. The highest BCUT2D eigenvalue weighted by molar-refractivity contribution is 7.09. The van der Waals surface area contributed by atoms with E-state index in [1.54, 1.807) is 11.3 Å². The van der Waals surface area contributed by atoms with E-state index in [1.807, 2.05) is 42.9 Å². The molecule has 3 rings (SSSR count). The minimum Gasteiger partial charge on any atom is -0.399 e. The van der Waals surface area contributed by atoms with E-state index < -0.39 is 0 Å². The molecular weight excluding hydrogens is 268 g/mol. The molecule has 20 heavy (non-hydrogen) atoms. The molecule has 4 nitrogen and oxygen atoms in total. The average molecular weight is 284 g/mol. The number of benzene rings is 1. The number of aryl methyl sites for hydroxylation is 1. The molecule has 0 fully saturated rings. The third-order valence-corrected chi connectivity index (χ3v) is 4.30. The number of fused-ring (bicyclic) bond motifs is 1. The molecule has 0 aliphatic heterocycles. The molecule has 3 aromatic rings. The third kappa shape index (κ3) is 2.32. The van der Waals surface area contributed by atoms with Crippen LogP contribution in [0.15, 0.2) is 36.0 Å². The van der Waals surface area contributed by atoms with Gasteiger partial charge in [-0.3, -0.25) is 4.98 Å². The summed E-state index contributed by atoms with van der Waals surface area (Å²) in [7, 11) is 2.09. The molecule has 5 heteroatoms. The Hall–Kier alpha value is -2.14. The highest BCUT2D eigenvalue weighted by atomic mass is 32.1. The van der Waals surface area contributed by atoms with E-state index in [0.29, 0.717) is 0 Å². The second-order valence-electron chi connectivity index (χ2n) is 4.82. The summed E-state index contributed by atoms with van der Waals surface area (Å²) in [4.78, 5) is 12.2. The lowest BCUT2D eigenvalue weighted by molar-refractivity contribution is 0.930. The summed E-state index contributed by atoms with van der Waals surface area (Å²) in [5.41, 5.74) is 11.6. The standard InChI is InChI=1S/C15H16N4S/c1-10-15(20-9-18-10)8-19(2)14-5-6-17-13-7-11(16)3-4-12(13)14/h3-7,9H,8,16H2,1-2H3. The molecule has 0 amide bonds. The van der Waals surface area contributed by atoms with Crippen molar-refractivity contribution in [2.45, 2.75) is 13.5 Å². The van der Waals surface area contributed by atoms with Gasteiger partial charge in [0, 0.05) is 34.9 Å². The number of nitrogens with two attached hydrogens (primary N) is 1. The lowest BCUT2D eigenvalue weighted by Gasteiger charge is -2.20. The number of rotatable bonds is 3. The molecular formula is C15H16N4S. The van der Waals surface area contributed by atoms with Gasteiger partial charge in [0.25, 0.3) is 0 Å². The van der Waals surface area contributed by atoms with Crippen molar-refractivity contribution in [3.05, 3.63) is 46.5 Å². The van der Waals surface area contributed by atoms with Crippen LogP contribution in [0, 0.1) is 6.92 Å². The Kier molecular flexibility index (Phi) is 3.28. The minimum absolute atomic E-state index is 0.739. The number of hydrogen-bond donors (Lipinski definition) is 1. The van der Waals surface area contributed by atoms with Crippen LogP contribution in [0.3, 0.4) is 0 Å². The molecule has 102 valence electrons. The van der Waals surface area contributed by atoms with Crippen molar-refractivity contribution in [3.63, 3.8) is 0 Å². The fraction of sp³-hybridized carbons (Fsp3) is 0.200. The number of nitrogens with zero attached hydrogens (tertiary/aromatic N) is 3. The van der Waals surface area contributed by atoms with Crippen molar-refractivity contribution in [2.24, 2.45) is 0 Å². The van der Waals surface area contributed by atoms with Crippen molar-refractivity contribution in [1.29, 1.82) is 0 Å². The van der Waals surface area contributed by atoms with Gasteiger partial charge in [0.1, 0.15) is 0 Å². The number of nitrogen functional groups attached to an aromatic ring is 1. The Morgan fingerprint density at radius 2 is 2.10 bits per heavy atom. The molecule has 0 saturated heterocycles. The molecule has 1 aromatic carbocycles. The number of thiazole rings is 1. The largest absolute Gasteiger partial charge is 0.399 e. The van der Waals surface area contributed by atoms with Crippen LogP contribution in [0.1, 0.15) is 10.6 Å². The maximum absolute atomic E-state index is 5.82. The van der Waals surface area contributed by atoms with Gasteiger partial charge in [0.15, 0.2) is 0 Å². The zero-order valence-corrected chi connectivity index (χ0v) is 12.3. The molecule has 2 N–H and O–H groups in total. The molecule has 0 spiro atoms. The first kappa shape index (κ1) is 12.9. The van der Waals surface area contributed by atoms with Gasteiger partial charge in [-0.1, -0.05) is 0 Å². The smallest absolute Gasteiger partial charge is 0.0798 e. The van der Waals surface area contributed by atoms with Crippen LogP contribution >= 0.6 is 11.3 Å². The van der Waals surface area contributed by atoms with E-state index in [9.17, 15) is 0 Å². The lowest BCUT2D eigenvalue weighted by Crippen LogP contribution is -2.16. The highest BCUT2D eigenvalue weighted by Crippen LogP contribution is 2.27. The van der Waals surface area contributed by atoms with E-state index in [1.165, 1.54) is 4.88 Å². The molecule has 0 unspecified atom stereocenters. The van der Waals surface area contributed by atoms with Crippen LogP contribution in [-0.4, -0.2) is 17.0 Å². The number of anilines is 2. The second kappa shape index (κ2) is 5.09. The maximum Gasteiger partial charge on any atom is 0.0798 e. The van der Waals surface area contributed by atoms with Crippen LogP contribution in [0.25, 0.3) is 10.9 Å². The van der Waals surface area contributed by atoms with Gasteiger partial charge >= 0.3 is 0 Å². The van der Waals surface area contributed by atoms with Crippen molar-refractivity contribution in [3.8, 4) is 0 Å². The molecule has 0 bridgehead atoms. The van der Waals surface area contributed by atoms with Gasteiger partial charge in [-0.15, -0.1) is 11.3 Å². The molecule has 0 aliphatic rings. The van der Waals surface area contributed by atoms with Gasteiger partial charge in [-0.05, 0) is 31.2 Å². The first-order chi connectivity index (χ1) is 9.65. The Bertz CT molecular complexity index is 750. The summed E-state index contributed by atoms with van der Waals surface area (Å²) >= 11 is 1.69. The van der Waals surface area contributed by atoms with E-state index in [-0.39, 0.29) is 0 Å². The van der Waals surface area contributed by atoms with Crippen LogP contribution in [0.2, 0.25) is 0 Å². The van der Waals surface area contributed by atoms with Crippen molar-refractivity contribution in [2.75, 3.05) is 17.7 Å². The zero-order valence-electron chi connectivity index (χ0n) is 11.5. The SMILES string of the molecule is Cc1ncsc1CN(C)c1ccnc2cc(N)ccc12. The number of pyridine rings is 1. The van der Waals surface area contributed by atoms with Gasteiger partial charge in [-0.2, -0.15) is 0 Å². The maximum atomic E-state index is 5.82. The monoisotopic (exact) mass is 284 g/mol. The summed E-state index contributed by atoms with van der Waals surface area (Å²) in [6, 6.07) is 7.89. The lowest BCUT2D eigenvalue weighted by atomic mass is 10.1. The predicted molar refractivity (Wildman–Crippen MR) is 85.1 cm³/mol. The summed E-state index contributed by atoms with van der Waals surface area (Å²) in [5.74, 6) is 0. The van der Waals surface area contributed by atoms with Gasteiger partial charge in [0.05, 0.1) is 23.3 Å². The van der Waals surface area contributed by atoms with Gasteiger partial charge in [-0.25, -0.2) is 4.98 Å². The van der Waals surface area contributed by atoms with E-state index >= 15 is 0 Å². The Morgan fingerprint density at radius 3 is 2.85 bits per heavy atom. The molecule has 0 saturated carbocycles. The summed E-state index contributed by atoms with van der Waals surface area (Å²) in [6.07, 6.45) is 1.83. The van der Waals surface area contributed by atoms with Crippen molar-refractivity contribution in [1.82, 2.24) is 9.97 Å². The van der Waals surface area contributed by atoms with E-state index in [4.69, 9.17) is 5.73 Å². The van der Waals surface area contributed by atoms with Crippen LogP contribution in [0.5, 0.6) is 0 Å². The fourth-order valence-electron chi connectivity index (χ4n) is 2.26. The van der Waals surface area contributed by atoms with Crippen molar-refractivity contribution < 1.29 is 0 Å². The predicted octanol–water partition coefficient (Wildman–Crippen LogP) is 3.22. The highest BCUT2D eigenvalue weighted by Gasteiger charge is 2.10. The zero-order chi connectivity index (χ0) is 14.1. The molecule has 0 atom stereocenters. The van der Waals surface area contributed by atoms with Crippen LogP contribution in [0.4, 0.5) is 11.4 Å². The summed E-state index contributed by atoms with van der Waals surface area (Å²) in [5, 5.41) is 1.12. The van der Waals surface area contributed by atoms with E-state index in [0.717, 1.165) is 34.5 Å². The first-order valence-corrected chi connectivity index (χ1v) is 7.27. The Labute approximate surface area is 121 Å². The van der Waals surface area contributed by atoms with Gasteiger partial charge < -0.3 is 10.6 Å². The molecule has 2 heterocycles. The number of hydrogen-bond acceptors (Lipinski definition) is 5. The number of aromatic nitrogens is 2. The normalized spacial score (nSPS) is 10.9. The average Bonchev–Trinajstić information content (AvgIpc) is 2.83.